The summed E-state index contributed by atoms with van der Waals surface area (Å²) in [6.45, 7) is 1.46. The Bertz CT molecular complexity index is 711. The Morgan fingerprint density at radius 1 is 0.943 bits per heavy atom. The van der Waals surface area contributed by atoms with Crippen LogP contribution >= 0.6 is 7.82 Å². The minimum absolute atomic E-state index is 0.0168. The fraction of sp³-hybridized carbons (Fsp3) is 0.654. The topological polar surface area (TPSA) is 105 Å². The summed E-state index contributed by atoms with van der Waals surface area (Å²) < 4.78 is 27.0. The average Bonchev–Trinajstić information content (AvgIpc) is 2.78. The van der Waals surface area contributed by atoms with Gasteiger partial charge >= 0.3 is 5.97 Å². The van der Waals surface area contributed by atoms with E-state index in [2.05, 4.69) is 12.2 Å². The van der Waals surface area contributed by atoms with Crippen molar-refractivity contribution in [2.24, 2.45) is 0 Å². The number of likely N-dealkylation sites (N-methyl/N-ethyl adjacent to an activating group) is 1. The number of allylic oxidation sites excluding steroid dienone is 8. The van der Waals surface area contributed by atoms with Gasteiger partial charge in [0, 0.05) is 6.42 Å². The predicted octanol–water partition coefficient (Wildman–Crippen LogP) is 4.46. The number of carbonyl (C=O) groups is 1. The summed E-state index contributed by atoms with van der Waals surface area (Å²) >= 11 is 0. The van der Waals surface area contributed by atoms with Gasteiger partial charge in [0.15, 0.2) is 0 Å². The quantitative estimate of drug-likeness (QED) is 0.0791. The largest absolute Gasteiger partial charge is 0.756 e. The van der Waals surface area contributed by atoms with Gasteiger partial charge in [0.25, 0.3) is 7.82 Å². The molecule has 0 aliphatic carbocycles. The Labute approximate surface area is 212 Å². The van der Waals surface area contributed by atoms with Gasteiger partial charge in [0.2, 0.25) is 0 Å². The fourth-order valence-electron chi connectivity index (χ4n) is 2.79. The minimum atomic E-state index is -4.52. The number of esters is 1. The molecule has 0 aromatic rings. The van der Waals surface area contributed by atoms with E-state index in [0.29, 0.717) is 17.4 Å². The van der Waals surface area contributed by atoms with E-state index in [1.165, 1.54) is 0 Å². The van der Waals surface area contributed by atoms with Crippen molar-refractivity contribution in [1.29, 1.82) is 0 Å². The van der Waals surface area contributed by atoms with Crippen molar-refractivity contribution in [3.63, 3.8) is 0 Å². The number of hydrogen-bond donors (Lipinski definition) is 1. The van der Waals surface area contributed by atoms with E-state index in [9.17, 15) is 19.4 Å². The van der Waals surface area contributed by atoms with Gasteiger partial charge in [-0.1, -0.05) is 74.3 Å². The molecule has 0 aliphatic heterocycles. The number of hydrogen-bond acceptors (Lipinski definition) is 7. The third-order valence-corrected chi connectivity index (χ3v) is 5.78. The number of phosphoric ester groups is 1. The summed E-state index contributed by atoms with van der Waals surface area (Å²) in [5.41, 5.74) is 0. The van der Waals surface area contributed by atoms with Gasteiger partial charge in [-0.05, 0) is 26.2 Å². The van der Waals surface area contributed by atoms with Gasteiger partial charge in [-0.3, -0.25) is 9.36 Å². The Morgan fingerprint density at radius 3 is 2.17 bits per heavy atom. The number of ether oxygens (including phenoxy) is 1. The SMILES string of the molecule is C\C=C/C=C\C=C/C=C\CCCCCCCCC(=O)OC(CO)COP(=O)([O-])OCC[N+](C)(C)C. The molecule has 9 heteroatoms. The molecule has 0 radical (unpaired) electrons. The normalized spacial score (nSPS) is 15.5. The molecule has 1 N–H and O–H groups in total. The van der Waals surface area contributed by atoms with Crippen molar-refractivity contribution in [2.45, 2.75) is 64.4 Å². The van der Waals surface area contributed by atoms with Crippen molar-refractivity contribution >= 4 is 13.8 Å². The molecule has 0 saturated heterocycles. The maximum Gasteiger partial charge on any atom is 0.306 e. The maximum absolute atomic E-state index is 12.0. The first-order valence-electron chi connectivity index (χ1n) is 12.4. The van der Waals surface area contributed by atoms with Crippen LogP contribution in [0.3, 0.4) is 0 Å². The van der Waals surface area contributed by atoms with Crippen LogP contribution in [-0.2, 0) is 23.1 Å². The number of phosphoric acid groups is 1. The van der Waals surface area contributed by atoms with Crippen LogP contribution < -0.4 is 4.89 Å². The summed E-state index contributed by atoms with van der Waals surface area (Å²) in [7, 11) is 1.21. The highest BCUT2D eigenvalue weighted by Crippen LogP contribution is 2.38. The highest BCUT2D eigenvalue weighted by Gasteiger charge is 2.19. The number of nitrogens with zero attached hydrogens (tertiary/aromatic N) is 1. The van der Waals surface area contributed by atoms with E-state index in [0.717, 1.165) is 38.5 Å². The first-order valence-corrected chi connectivity index (χ1v) is 13.9. The van der Waals surface area contributed by atoms with E-state index < -0.39 is 33.1 Å². The van der Waals surface area contributed by atoms with Crippen LogP contribution in [0, 0.1) is 0 Å². The molecule has 0 aromatic heterocycles. The van der Waals surface area contributed by atoms with Crippen LogP contribution in [0.2, 0.25) is 0 Å². The van der Waals surface area contributed by atoms with Crippen molar-refractivity contribution in [2.75, 3.05) is 47.5 Å². The molecule has 2 unspecified atom stereocenters. The van der Waals surface area contributed by atoms with Crippen molar-refractivity contribution < 1.29 is 37.6 Å². The highest BCUT2D eigenvalue weighted by atomic mass is 31.2. The molecule has 0 rings (SSSR count). The number of carbonyl (C=O) groups excluding carboxylic acids is 1. The predicted molar refractivity (Wildman–Crippen MR) is 139 cm³/mol. The van der Waals surface area contributed by atoms with Crippen molar-refractivity contribution in [3.8, 4) is 0 Å². The number of rotatable bonds is 21. The van der Waals surface area contributed by atoms with Crippen LogP contribution in [0.1, 0.15) is 58.3 Å². The Kier molecular flexibility index (Phi) is 19.7. The van der Waals surface area contributed by atoms with E-state index >= 15 is 0 Å². The molecule has 0 heterocycles. The summed E-state index contributed by atoms with van der Waals surface area (Å²) in [5.74, 6) is -0.474. The molecule has 0 saturated carbocycles. The van der Waals surface area contributed by atoms with Crippen molar-refractivity contribution in [3.05, 3.63) is 48.6 Å². The number of aliphatic hydroxyl groups is 1. The first-order chi connectivity index (χ1) is 16.6. The lowest BCUT2D eigenvalue weighted by Crippen LogP contribution is -2.37. The average molecular weight is 516 g/mol. The van der Waals surface area contributed by atoms with E-state index in [-0.39, 0.29) is 13.0 Å². The maximum atomic E-state index is 12.0. The fourth-order valence-corrected chi connectivity index (χ4v) is 3.52. The molecule has 0 spiro atoms. The lowest BCUT2D eigenvalue weighted by Gasteiger charge is -2.28. The molecule has 35 heavy (non-hydrogen) atoms. The zero-order valence-corrected chi connectivity index (χ0v) is 22.9. The van der Waals surface area contributed by atoms with Crippen LogP contribution in [-0.4, -0.2) is 69.2 Å². The summed E-state index contributed by atoms with van der Waals surface area (Å²) in [6.07, 6.45) is 22.5. The molecule has 0 bridgehead atoms. The molecular formula is C26H46NO7P. The third-order valence-electron chi connectivity index (χ3n) is 4.82. The molecule has 2 atom stereocenters. The van der Waals surface area contributed by atoms with Gasteiger partial charge in [-0.25, -0.2) is 0 Å². The number of quaternary nitrogens is 1. The second-order valence-corrected chi connectivity index (χ2v) is 10.7. The monoisotopic (exact) mass is 515 g/mol. The van der Waals surface area contributed by atoms with Crippen molar-refractivity contribution in [1.82, 2.24) is 0 Å². The zero-order valence-electron chi connectivity index (χ0n) is 22.0. The molecular weight excluding hydrogens is 469 g/mol. The van der Waals surface area contributed by atoms with Gasteiger partial charge in [0.05, 0.1) is 34.4 Å². The number of unbranched alkanes of at least 4 members (excludes halogenated alkanes) is 6. The van der Waals surface area contributed by atoms with E-state index in [1.54, 1.807) is 0 Å². The van der Waals surface area contributed by atoms with Crippen LogP contribution in [0.5, 0.6) is 0 Å². The standard InChI is InChI=1S/C26H46NO7P/c1-5-6-7-8-9-10-11-12-13-14-15-16-17-18-19-20-26(29)34-25(23-28)24-33-35(30,31)32-22-21-27(2,3)4/h5-12,25,28H,13-24H2,1-4H3/b6-5-,8-7-,10-9-,12-11-. The van der Waals surface area contributed by atoms with E-state index in [1.807, 2.05) is 64.5 Å². The number of aliphatic hydroxyl groups excluding tert-OH is 1. The zero-order chi connectivity index (χ0) is 26.4. The second-order valence-electron chi connectivity index (χ2n) is 9.27. The van der Waals surface area contributed by atoms with Gasteiger partial charge in [0.1, 0.15) is 19.3 Å². The van der Waals surface area contributed by atoms with Crippen LogP contribution in [0.25, 0.3) is 0 Å². The molecule has 0 fully saturated rings. The molecule has 202 valence electrons. The summed E-state index contributed by atoms with van der Waals surface area (Å²) in [4.78, 5) is 23.8. The van der Waals surface area contributed by atoms with Crippen LogP contribution in [0.4, 0.5) is 0 Å². The van der Waals surface area contributed by atoms with Gasteiger partial charge in [-0.2, -0.15) is 0 Å². The summed E-state index contributed by atoms with van der Waals surface area (Å²) in [5, 5.41) is 9.35. The van der Waals surface area contributed by atoms with Gasteiger partial charge < -0.3 is 28.3 Å². The Morgan fingerprint density at radius 2 is 1.54 bits per heavy atom. The van der Waals surface area contributed by atoms with E-state index in [4.69, 9.17) is 13.8 Å². The highest BCUT2D eigenvalue weighted by molar-refractivity contribution is 7.45. The first kappa shape index (κ1) is 33.5. The van der Waals surface area contributed by atoms with Gasteiger partial charge in [-0.15, -0.1) is 0 Å². The Balaban J connectivity index is 3.84. The van der Waals surface area contributed by atoms with Crippen LogP contribution in [0.15, 0.2) is 48.6 Å². The molecule has 0 aromatic carbocycles. The second kappa shape index (κ2) is 20.6. The summed E-state index contributed by atoms with van der Waals surface area (Å²) in [6, 6.07) is 0. The minimum Gasteiger partial charge on any atom is -0.756 e. The lowest BCUT2D eigenvalue weighted by atomic mass is 10.1. The smallest absolute Gasteiger partial charge is 0.306 e. The molecule has 8 nitrogen and oxygen atoms in total. The molecule has 0 aliphatic rings. The molecule has 0 amide bonds. The Hall–Kier alpha value is -1.54. The third kappa shape index (κ3) is 24.0. The lowest BCUT2D eigenvalue weighted by molar-refractivity contribution is -0.870.